The van der Waals surface area contributed by atoms with Gasteiger partial charge in [-0.3, -0.25) is 5.04 Å². The van der Waals surface area contributed by atoms with E-state index in [1.807, 2.05) is 48.6 Å². The molecule has 1 saturated carbocycles. The average Bonchev–Trinajstić information content (AvgIpc) is 3.81. The standard InChI is InChI=1S/C46H55N3O10S3/c1-45(2)37-19-9-11-21-39(37)47(29-13-15-31-60-59-58-51)41(45)27-25-34-23-24-35(44(34)49(33-43(50)57-5)62(55,56)36-17-7-6-8-18-36)26-28-42-46(3,4)38-20-10-12-22-40(38)48(42)30-14-16-32-61(52,53)54/h6-12,17-22,25-28H,13-16,23-24,29-33H2,1-5H3,(H-,51,52,53,54)/p-1. The quantitative estimate of drug-likeness (QED) is 0.0244. The summed E-state index contributed by atoms with van der Waals surface area (Å²) in [5.74, 6) is -0.590. The molecule has 2 aliphatic heterocycles. The Bertz CT molecular complexity index is 2510. The van der Waals surface area contributed by atoms with E-state index < -0.39 is 49.2 Å². The lowest BCUT2D eigenvalue weighted by atomic mass is 9.83. The molecule has 13 nitrogen and oxygen atoms in total. The fourth-order valence-corrected chi connectivity index (χ4v) is 11.2. The molecule has 0 unspecified atom stereocenters. The number of rotatable bonds is 18. The van der Waals surface area contributed by atoms with Crippen molar-refractivity contribution in [1.82, 2.24) is 0 Å². The number of ether oxygens (including phenoxy) is 1. The zero-order chi connectivity index (χ0) is 44.7. The first kappa shape index (κ1) is 46.9. The number of para-hydroxylation sites is 2. The van der Waals surface area contributed by atoms with Crippen LogP contribution < -0.4 is 15.1 Å². The maximum Gasteiger partial charge on any atom is 0.395 e. The number of allylic oxidation sites excluding steroid dienone is 8. The molecule has 16 heteroatoms. The molecule has 0 aromatic heterocycles. The van der Waals surface area contributed by atoms with Gasteiger partial charge >= 0.3 is 16.0 Å². The zero-order valence-electron chi connectivity index (χ0n) is 35.7. The van der Waals surface area contributed by atoms with Gasteiger partial charge in [0.05, 0.1) is 17.2 Å². The number of hydrogen-bond donors (Lipinski definition) is 0. The van der Waals surface area contributed by atoms with Crippen molar-refractivity contribution in [3.05, 3.63) is 137 Å². The number of esters is 1. The molecule has 332 valence electrons. The monoisotopic (exact) mass is 904 g/mol. The first-order valence-corrected chi connectivity index (χ1v) is 24.6. The summed E-state index contributed by atoms with van der Waals surface area (Å²) in [4.78, 5) is 17.6. The van der Waals surface area contributed by atoms with Crippen LogP contribution in [0.1, 0.15) is 77.3 Å². The number of fused-ring (bicyclic) bond motifs is 2. The number of methoxy groups -OCH3 is 1. The molecular formula is C46H54N3O10S3-. The highest BCUT2D eigenvalue weighted by Gasteiger charge is 2.43. The highest BCUT2D eigenvalue weighted by molar-refractivity contribution is 7.94. The number of carbonyl (C=O) groups excluding carboxylic acids is 1. The summed E-state index contributed by atoms with van der Waals surface area (Å²) in [6.45, 7) is 9.14. The lowest BCUT2D eigenvalue weighted by molar-refractivity contribution is -0.777. The topological polar surface area (TPSA) is 169 Å². The van der Waals surface area contributed by atoms with Crippen LogP contribution in [0.4, 0.5) is 11.4 Å². The van der Waals surface area contributed by atoms with Gasteiger partial charge in [-0.15, -0.1) is 0 Å². The van der Waals surface area contributed by atoms with Crippen molar-refractivity contribution in [2.75, 3.05) is 48.0 Å². The minimum Gasteiger partial charge on any atom is -0.748 e. The van der Waals surface area contributed by atoms with Crippen LogP contribution in [0.25, 0.3) is 0 Å². The second-order valence-electron chi connectivity index (χ2n) is 16.5. The molecule has 62 heavy (non-hydrogen) atoms. The van der Waals surface area contributed by atoms with Crippen molar-refractivity contribution in [1.29, 1.82) is 0 Å². The van der Waals surface area contributed by atoms with Gasteiger partial charge in [0.25, 0.3) is 6.54 Å². The fourth-order valence-electron chi connectivity index (χ4n) is 8.70. The summed E-state index contributed by atoms with van der Waals surface area (Å²) in [5.41, 5.74) is 7.18. The molecule has 1 fully saturated rings. The third-order valence-electron chi connectivity index (χ3n) is 11.8. The fraction of sp³-hybridized carbons (Fsp3) is 0.391. The van der Waals surface area contributed by atoms with E-state index in [0.717, 1.165) is 64.4 Å². The Morgan fingerprint density at radius 2 is 1.24 bits per heavy atom. The molecule has 3 aromatic rings. The molecule has 2 heterocycles. The lowest BCUT2D eigenvalue weighted by Gasteiger charge is -2.27. The SMILES string of the molecule is COC(=O)C\[N+](=C1C(=C/C=C2/N(CCCCSOO[O-])c3ccccc3C2(C)C)CCC/1=C\C=C1\N(CCCCS(=O)(=O)[O-])c2ccccc2C1(C)C)S(=O)(=O)c1ccccc1. The van der Waals surface area contributed by atoms with Crippen molar-refractivity contribution in [3.63, 3.8) is 0 Å². The van der Waals surface area contributed by atoms with Crippen LogP contribution in [-0.4, -0.2) is 75.3 Å². The van der Waals surface area contributed by atoms with Gasteiger partial charge < -0.3 is 24.3 Å². The van der Waals surface area contributed by atoms with Crippen LogP contribution in [0, 0.1) is 0 Å². The Labute approximate surface area is 369 Å². The smallest absolute Gasteiger partial charge is 0.395 e. The van der Waals surface area contributed by atoms with E-state index in [0.29, 0.717) is 49.4 Å². The van der Waals surface area contributed by atoms with Crippen molar-refractivity contribution < 1.29 is 49.5 Å². The highest BCUT2D eigenvalue weighted by atomic mass is 32.2. The van der Waals surface area contributed by atoms with Gasteiger partial charge in [0.1, 0.15) is 4.90 Å². The second-order valence-corrected chi connectivity index (χ2v) is 20.6. The van der Waals surface area contributed by atoms with Crippen LogP contribution in [0.5, 0.6) is 0 Å². The van der Waals surface area contributed by atoms with Gasteiger partial charge in [-0.2, -0.15) is 12.8 Å². The van der Waals surface area contributed by atoms with Gasteiger partial charge in [-0.05, 0) is 86.1 Å². The molecule has 0 spiro atoms. The van der Waals surface area contributed by atoms with Crippen LogP contribution >= 0.6 is 12.0 Å². The van der Waals surface area contributed by atoms with E-state index in [-0.39, 0.29) is 11.3 Å². The van der Waals surface area contributed by atoms with Gasteiger partial charge in [0, 0.05) is 81.4 Å². The van der Waals surface area contributed by atoms with Crippen LogP contribution in [0.3, 0.4) is 0 Å². The third kappa shape index (κ3) is 10.3. The van der Waals surface area contributed by atoms with Crippen LogP contribution in [0.15, 0.2) is 131 Å². The van der Waals surface area contributed by atoms with E-state index >= 15 is 0 Å². The largest absolute Gasteiger partial charge is 0.748 e. The molecule has 3 aliphatic rings. The average molecular weight is 905 g/mol. The lowest BCUT2D eigenvalue weighted by Crippen LogP contribution is -2.33. The summed E-state index contributed by atoms with van der Waals surface area (Å²) in [6.07, 6.45) is 11.2. The summed E-state index contributed by atoms with van der Waals surface area (Å²) >= 11 is 0.963. The molecule has 0 amide bonds. The minimum absolute atomic E-state index is 0.0290. The zero-order valence-corrected chi connectivity index (χ0v) is 38.2. The normalized spacial score (nSPS) is 20.4. The van der Waals surface area contributed by atoms with E-state index in [4.69, 9.17) is 4.74 Å². The van der Waals surface area contributed by atoms with E-state index in [1.165, 1.54) is 23.2 Å². The molecule has 0 N–H and O–H groups in total. The summed E-state index contributed by atoms with van der Waals surface area (Å²) in [6, 6.07) is 24.3. The number of hydrogen-bond acceptors (Lipinski definition) is 13. The molecule has 0 saturated heterocycles. The number of sulfonamides is 1. The molecule has 0 bridgehead atoms. The minimum atomic E-state index is -4.35. The first-order valence-electron chi connectivity index (χ1n) is 20.6. The predicted molar refractivity (Wildman–Crippen MR) is 239 cm³/mol. The van der Waals surface area contributed by atoms with Crippen LogP contribution in [-0.2, 0) is 49.9 Å². The van der Waals surface area contributed by atoms with Crippen molar-refractivity contribution in [2.24, 2.45) is 0 Å². The Kier molecular flexibility index (Phi) is 15.0. The molecule has 0 atom stereocenters. The maximum absolute atomic E-state index is 14.7. The Morgan fingerprint density at radius 3 is 1.74 bits per heavy atom. The number of unbranched alkanes of at least 4 members (excludes halogenated alkanes) is 2. The number of benzene rings is 3. The van der Waals surface area contributed by atoms with Gasteiger partial charge in [0.2, 0.25) is 5.71 Å². The van der Waals surface area contributed by atoms with Crippen LogP contribution in [0.2, 0.25) is 0 Å². The van der Waals surface area contributed by atoms with Gasteiger partial charge in [-0.25, -0.2) is 13.2 Å². The number of anilines is 2. The molecule has 0 radical (unpaired) electrons. The summed E-state index contributed by atoms with van der Waals surface area (Å²) in [7, 11) is -7.42. The number of carbonyl (C=O) groups is 1. The highest BCUT2D eigenvalue weighted by Crippen LogP contribution is 2.49. The molecule has 1 aliphatic carbocycles. The van der Waals surface area contributed by atoms with E-state index in [1.54, 1.807) is 18.2 Å². The molecule has 3 aromatic carbocycles. The Balaban J connectivity index is 1.49. The second kappa shape index (κ2) is 19.9. The maximum atomic E-state index is 14.7. The summed E-state index contributed by atoms with van der Waals surface area (Å²) < 4.78 is 74.4. The first-order chi connectivity index (χ1) is 29.5. The third-order valence-corrected chi connectivity index (χ3v) is 15.0. The van der Waals surface area contributed by atoms with Gasteiger partial charge in [0.15, 0.2) is 0 Å². The summed E-state index contributed by atoms with van der Waals surface area (Å²) in [5, 5.41) is 13.8. The van der Waals surface area contributed by atoms with E-state index in [9.17, 15) is 31.4 Å². The van der Waals surface area contributed by atoms with Crippen molar-refractivity contribution >= 4 is 55.2 Å². The molecule has 6 rings (SSSR count). The van der Waals surface area contributed by atoms with Gasteiger partial charge in [-0.1, -0.05) is 98.4 Å². The predicted octanol–water partition coefficient (Wildman–Crippen LogP) is 6.99. The molecular weight excluding hydrogens is 851 g/mol. The Morgan fingerprint density at radius 1 is 0.742 bits per heavy atom. The number of nitrogens with zero attached hydrogens (tertiary/aromatic N) is 3. The van der Waals surface area contributed by atoms with Crippen molar-refractivity contribution in [3.8, 4) is 0 Å². The van der Waals surface area contributed by atoms with E-state index in [2.05, 4.69) is 71.1 Å². The Hall–Kier alpha value is -4.55. The van der Waals surface area contributed by atoms with Crippen molar-refractivity contribution in [2.45, 2.75) is 81.9 Å².